The second-order valence-electron chi connectivity index (χ2n) is 3.51. The topological polar surface area (TPSA) is 26.3 Å². The average Bonchev–Trinajstić information content (AvgIpc) is 1.83. The van der Waals surface area contributed by atoms with Crippen molar-refractivity contribution < 1.29 is 9.53 Å². The zero-order chi connectivity index (χ0) is 8.48. The van der Waals surface area contributed by atoms with Gasteiger partial charge in [-0.3, -0.25) is 4.79 Å². The van der Waals surface area contributed by atoms with Crippen molar-refractivity contribution in [3.8, 4) is 12.3 Å². The lowest BCUT2D eigenvalue weighted by molar-refractivity contribution is -0.165. The molecule has 11 heavy (non-hydrogen) atoms. The van der Waals surface area contributed by atoms with Crippen molar-refractivity contribution in [2.75, 3.05) is 0 Å². The van der Waals surface area contributed by atoms with Crippen molar-refractivity contribution in [3.05, 3.63) is 0 Å². The molecule has 0 aromatic rings. The SMILES string of the molecule is C#CC1CC(=O)OC(C)(C)C1. The molecule has 1 aliphatic rings. The summed E-state index contributed by atoms with van der Waals surface area (Å²) in [5.74, 6) is 2.47. The first-order valence-electron chi connectivity index (χ1n) is 3.71. The van der Waals surface area contributed by atoms with Gasteiger partial charge in [-0.15, -0.1) is 12.3 Å². The summed E-state index contributed by atoms with van der Waals surface area (Å²) in [4.78, 5) is 10.9. The van der Waals surface area contributed by atoms with Gasteiger partial charge in [-0.25, -0.2) is 0 Å². The number of carbonyl (C=O) groups excluding carboxylic acids is 1. The molecule has 1 heterocycles. The molecule has 1 saturated heterocycles. The Hall–Kier alpha value is -0.970. The van der Waals surface area contributed by atoms with Crippen LogP contribution in [0.2, 0.25) is 0 Å². The molecular formula is C9H12O2. The van der Waals surface area contributed by atoms with E-state index in [4.69, 9.17) is 11.2 Å². The highest BCUT2D eigenvalue weighted by Crippen LogP contribution is 2.28. The van der Waals surface area contributed by atoms with E-state index in [1.807, 2.05) is 13.8 Å². The lowest BCUT2D eigenvalue weighted by atomic mass is 9.89. The lowest BCUT2D eigenvalue weighted by Gasteiger charge is -2.32. The highest BCUT2D eigenvalue weighted by atomic mass is 16.6. The zero-order valence-corrected chi connectivity index (χ0v) is 6.89. The molecule has 1 unspecified atom stereocenters. The third-order valence-corrected chi connectivity index (χ3v) is 1.78. The van der Waals surface area contributed by atoms with Crippen molar-refractivity contribution in [1.82, 2.24) is 0 Å². The van der Waals surface area contributed by atoms with Crippen LogP contribution in [0.3, 0.4) is 0 Å². The van der Waals surface area contributed by atoms with Gasteiger partial charge in [-0.2, -0.15) is 0 Å². The maximum Gasteiger partial charge on any atom is 0.307 e. The summed E-state index contributed by atoms with van der Waals surface area (Å²) in [6.07, 6.45) is 6.38. The van der Waals surface area contributed by atoms with E-state index in [0.717, 1.165) is 6.42 Å². The smallest absolute Gasteiger partial charge is 0.307 e. The van der Waals surface area contributed by atoms with Crippen LogP contribution in [0.5, 0.6) is 0 Å². The number of rotatable bonds is 0. The van der Waals surface area contributed by atoms with Crippen LogP contribution in [0.4, 0.5) is 0 Å². The van der Waals surface area contributed by atoms with Gasteiger partial charge in [0.1, 0.15) is 5.60 Å². The minimum absolute atomic E-state index is 0.0613. The lowest BCUT2D eigenvalue weighted by Crippen LogP contribution is -2.36. The Morgan fingerprint density at radius 3 is 2.82 bits per heavy atom. The molecule has 0 N–H and O–H groups in total. The number of carbonyl (C=O) groups is 1. The monoisotopic (exact) mass is 152 g/mol. The number of hydrogen-bond acceptors (Lipinski definition) is 2. The number of cyclic esters (lactones) is 1. The summed E-state index contributed by atoms with van der Waals surface area (Å²) in [5, 5.41) is 0. The first kappa shape index (κ1) is 8.13. The van der Waals surface area contributed by atoms with Gasteiger partial charge >= 0.3 is 5.97 Å². The summed E-state index contributed by atoms with van der Waals surface area (Å²) in [6.45, 7) is 3.77. The highest BCUT2D eigenvalue weighted by molar-refractivity contribution is 5.71. The van der Waals surface area contributed by atoms with E-state index in [9.17, 15) is 4.79 Å². The molecular weight excluding hydrogens is 140 g/mol. The molecule has 0 saturated carbocycles. The fraction of sp³-hybridized carbons (Fsp3) is 0.667. The van der Waals surface area contributed by atoms with Gasteiger partial charge in [0.05, 0.1) is 6.42 Å². The van der Waals surface area contributed by atoms with Crippen LogP contribution in [0.15, 0.2) is 0 Å². The fourth-order valence-electron chi connectivity index (χ4n) is 1.38. The third kappa shape index (κ3) is 1.98. The van der Waals surface area contributed by atoms with Crippen LogP contribution in [0, 0.1) is 18.3 Å². The molecule has 0 bridgehead atoms. The Bertz CT molecular complexity index is 210. The minimum atomic E-state index is -0.369. The van der Waals surface area contributed by atoms with E-state index in [1.165, 1.54) is 0 Å². The third-order valence-electron chi connectivity index (χ3n) is 1.78. The number of hydrogen-bond donors (Lipinski definition) is 0. The van der Waals surface area contributed by atoms with E-state index in [0.29, 0.717) is 6.42 Å². The van der Waals surface area contributed by atoms with Gasteiger partial charge in [0.15, 0.2) is 0 Å². The van der Waals surface area contributed by atoms with Crippen molar-refractivity contribution in [3.63, 3.8) is 0 Å². The average molecular weight is 152 g/mol. The van der Waals surface area contributed by atoms with Gasteiger partial charge in [0, 0.05) is 12.3 Å². The molecule has 60 valence electrons. The van der Waals surface area contributed by atoms with Crippen LogP contribution in [0.25, 0.3) is 0 Å². The Morgan fingerprint density at radius 1 is 1.73 bits per heavy atom. The Kier molecular flexibility index (Phi) is 1.90. The van der Waals surface area contributed by atoms with E-state index in [1.54, 1.807) is 0 Å². The van der Waals surface area contributed by atoms with E-state index in [-0.39, 0.29) is 17.5 Å². The first-order valence-corrected chi connectivity index (χ1v) is 3.71. The van der Waals surface area contributed by atoms with Gasteiger partial charge in [-0.1, -0.05) is 0 Å². The molecule has 1 fully saturated rings. The van der Waals surface area contributed by atoms with Crippen LogP contribution in [0.1, 0.15) is 26.7 Å². The number of esters is 1. The molecule has 0 aromatic heterocycles. The predicted octanol–water partition coefficient (Wildman–Crippen LogP) is 1.35. The summed E-state index contributed by atoms with van der Waals surface area (Å²) >= 11 is 0. The minimum Gasteiger partial charge on any atom is -0.460 e. The van der Waals surface area contributed by atoms with Crippen molar-refractivity contribution in [2.24, 2.45) is 5.92 Å². The summed E-state index contributed by atoms with van der Waals surface area (Å²) in [5.41, 5.74) is -0.369. The number of ether oxygens (including phenoxy) is 1. The summed E-state index contributed by atoms with van der Waals surface area (Å²) in [7, 11) is 0. The Balaban J connectivity index is 2.67. The molecule has 1 rings (SSSR count). The molecule has 0 aliphatic carbocycles. The van der Waals surface area contributed by atoms with Crippen molar-refractivity contribution in [1.29, 1.82) is 0 Å². The molecule has 1 atom stereocenters. The second-order valence-corrected chi connectivity index (χ2v) is 3.51. The zero-order valence-electron chi connectivity index (χ0n) is 6.89. The van der Waals surface area contributed by atoms with Gasteiger partial charge < -0.3 is 4.74 Å². The molecule has 2 nitrogen and oxygen atoms in total. The first-order chi connectivity index (χ1) is 5.03. The van der Waals surface area contributed by atoms with Crippen LogP contribution in [-0.2, 0) is 9.53 Å². The van der Waals surface area contributed by atoms with Gasteiger partial charge in [-0.05, 0) is 13.8 Å². The van der Waals surface area contributed by atoms with Crippen LogP contribution < -0.4 is 0 Å². The molecule has 0 amide bonds. The second kappa shape index (κ2) is 2.58. The summed E-state index contributed by atoms with van der Waals surface area (Å²) < 4.78 is 5.07. The largest absolute Gasteiger partial charge is 0.460 e. The fourth-order valence-corrected chi connectivity index (χ4v) is 1.38. The maximum atomic E-state index is 10.9. The van der Waals surface area contributed by atoms with Gasteiger partial charge in [0.25, 0.3) is 0 Å². The standard InChI is InChI=1S/C9H12O2/c1-4-7-5-8(10)11-9(2,3)6-7/h1,7H,5-6H2,2-3H3. The van der Waals surface area contributed by atoms with E-state index >= 15 is 0 Å². The molecule has 1 aliphatic heterocycles. The molecule has 2 heteroatoms. The Labute approximate surface area is 66.9 Å². The maximum absolute atomic E-state index is 10.9. The quantitative estimate of drug-likeness (QED) is 0.387. The molecule has 0 radical (unpaired) electrons. The van der Waals surface area contributed by atoms with E-state index in [2.05, 4.69) is 5.92 Å². The van der Waals surface area contributed by atoms with Crippen LogP contribution >= 0.6 is 0 Å². The predicted molar refractivity (Wildman–Crippen MR) is 41.7 cm³/mol. The molecule has 0 aromatic carbocycles. The van der Waals surface area contributed by atoms with Crippen molar-refractivity contribution in [2.45, 2.75) is 32.3 Å². The van der Waals surface area contributed by atoms with Gasteiger partial charge in [0.2, 0.25) is 0 Å². The highest BCUT2D eigenvalue weighted by Gasteiger charge is 2.33. The van der Waals surface area contributed by atoms with E-state index < -0.39 is 0 Å². The van der Waals surface area contributed by atoms with Crippen molar-refractivity contribution >= 4 is 5.97 Å². The summed E-state index contributed by atoms with van der Waals surface area (Å²) in [6, 6.07) is 0. The van der Waals surface area contributed by atoms with Crippen LogP contribution in [-0.4, -0.2) is 11.6 Å². The number of terminal acetylenes is 1. The Morgan fingerprint density at radius 2 is 2.36 bits per heavy atom. The molecule has 0 spiro atoms. The normalized spacial score (nSPS) is 28.8.